The Hall–Kier alpha value is -1.95. The maximum absolute atomic E-state index is 10.7. The van der Waals surface area contributed by atoms with Crippen molar-refractivity contribution in [1.82, 2.24) is 15.1 Å². The summed E-state index contributed by atoms with van der Waals surface area (Å²) in [6.07, 6.45) is 2.82. The van der Waals surface area contributed by atoms with Crippen molar-refractivity contribution in [3.8, 4) is 0 Å². The number of nitro groups is 1. The molecule has 1 N–H and O–H groups in total. The normalized spacial score (nSPS) is 10.9. The minimum Gasteiger partial charge on any atom is -0.315 e. The number of non-ortho nitro benzene ring substituents is 1. The smallest absolute Gasteiger partial charge is 0.271 e. The summed E-state index contributed by atoms with van der Waals surface area (Å²) in [5.74, 6) is 0. The van der Waals surface area contributed by atoms with Crippen LogP contribution in [0.1, 0.15) is 13.3 Å². The summed E-state index contributed by atoms with van der Waals surface area (Å²) in [7, 11) is 0. The maximum atomic E-state index is 10.7. The summed E-state index contributed by atoms with van der Waals surface area (Å²) in [6.45, 7) is 4.61. The summed E-state index contributed by atoms with van der Waals surface area (Å²) >= 11 is 0. The highest BCUT2D eigenvalue weighted by atomic mass is 16.6. The number of hydrogen-bond acceptors (Lipinski definition) is 4. The first-order valence-electron chi connectivity index (χ1n) is 6.03. The van der Waals surface area contributed by atoms with Gasteiger partial charge in [-0.1, -0.05) is 6.92 Å². The number of hydrogen-bond donors (Lipinski definition) is 1. The number of rotatable bonds is 6. The third-order valence-corrected chi connectivity index (χ3v) is 2.77. The molecular weight excluding hydrogens is 232 g/mol. The van der Waals surface area contributed by atoms with E-state index in [2.05, 4.69) is 17.3 Å². The highest BCUT2D eigenvalue weighted by molar-refractivity contribution is 5.80. The van der Waals surface area contributed by atoms with E-state index in [9.17, 15) is 10.1 Å². The minimum absolute atomic E-state index is 0.103. The van der Waals surface area contributed by atoms with Crippen molar-refractivity contribution in [3.05, 3.63) is 34.5 Å². The summed E-state index contributed by atoms with van der Waals surface area (Å²) in [4.78, 5) is 10.4. The predicted molar refractivity (Wildman–Crippen MR) is 69.5 cm³/mol. The first-order valence-corrected chi connectivity index (χ1v) is 6.03. The highest BCUT2D eigenvalue weighted by Gasteiger charge is 2.09. The first-order chi connectivity index (χ1) is 8.72. The Morgan fingerprint density at radius 1 is 1.44 bits per heavy atom. The Morgan fingerprint density at radius 2 is 2.28 bits per heavy atom. The van der Waals surface area contributed by atoms with Crippen molar-refractivity contribution in [2.45, 2.75) is 19.9 Å². The molecule has 0 saturated heterocycles. The maximum Gasteiger partial charge on any atom is 0.271 e. The monoisotopic (exact) mass is 248 g/mol. The number of nitro benzene ring substituents is 1. The van der Waals surface area contributed by atoms with Gasteiger partial charge in [-0.3, -0.25) is 14.8 Å². The van der Waals surface area contributed by atoms with Crippen LogP contribution in [0.2, 0.25) is 0 Å². The Balaban J connectivity index is 2.17. The van der Waals surface area contributed by atoms with Gasteiger partial charge in [0.15, 0.2) is 0 Å². The molecule has 2 rings (SSSR count). The van der Waals surface area contributed by atoms with Gasteiger partial charge < -0.3 is 5.32 Å². The second kappa shape index (κ2) is 5.59. The molecule has 1 aromatic heterocycles. The van der Waals surface area contributed by atoms with Crippen LogP contribution in [0.4, 0.5) is 5.69 Å². The van der Waals surface area contributed by atoms with Gasteiger partial charge in [0, 0.05) is 24.1 Å². The molecule has 18 heavy (non-hydrogen) atoms. The Morgan fingerprint density at radius 3 is 3.00 bits per heavy atom. The first kappa shape index (κ1) is 12.5. The topological polar surface area (TPSA) is 73.0 Å². The number of nitrogens with one attached hydrogen (secondary N) is 1. The van der Waals surface area contributed by atoms with Crippen LogP contribution in [0.15, 0.2) is 24.4 Å². The molecule has 1 heterocycles. The lowest BCUT2D eigenvalue weighted by Gasteiger charge is -2.04. The summed E-state index contributed by atoms with van der Waals surface area (Å²) in [5, 5.41) is 19.2. The van der Waals surface area contributed by atoms with Crippen LogP contribution in [0.5, 0.6) is 0 Å². The Kier molecular flexibility index (Phi) is 3.88. The van der Waals surface area contributed by atoms with Crippen LogP contribution < -0.4 is 5.32 Å². The molecule has 0 fully saturated rings. The molecule has 2 aromatic rings. The fraction of sp³-hybridized carbons (Fsp3) is 0.417. The summed E-state index contributed by atoms with van der Waals surface area (Å²) < 4.78 is 1.80. The average molecular weight is 248 g/mol. The molecule has 0 saturated carbocycles. The van der Waals surface area contributed by atoms with Gasteiger partial charge in [0.1, 0.15) is 0 Å². The van der Waals surface area contributed by atoms with Crippen molar-refractivity contribution in [2.75, 3.05) is 13.1 Å². The molecular formula is C12H16N4O2. The number of nitrogens with zero attached hydrogens (tertiary/aromatic N) is 3. The zero-order valence-corrected chi connectivity index (χ0v) is 10.3. The van der Waals surface area contributed by atoms with Gasteiger partial charge in [0.05, 0.1) is 23.2 Å². The van der Waals surface area contributed by atoms with E-state index in [4.69, 9.17) is 0 Å². The summed E-state index contributed by atoms with van der Waals surface area (Å²) in [6, 6.07) is 4.81. The lowest BCUT2D eigenvalue weighted by molar-refractivity contribution is -0.384. The van der Waals surface area contributed by atoms with Gasteiger partial charge >= 0.3 is 0 Å². The van der Waals surface area contributed by atoms with Gasteiger partial charge in [-0.15, -0.1) is 0 Å². The van der Waals surface area contributed by atoms with E-state index < -0.39 is 0 Å². The Labute approximate surface area is 105 Å². The summed E-state index contributed by atoms with van der Waals surface area (Å²) in [5.41, 5.74) is 0.910. The average Bonchev–Trinajstić information content (AvgIpc) is 2.77. The third-order valence-electron chi connectivity index (χ3n) is 2.77. The molecule has 0 aliphatic heterocycles. The van der Waals surface area contributed by atoms with E-state index in [0.717, 1.165) is 30.4 Å². The zero-order valence-electron chi connectivity index (χ0n) is 10.3. The number of aromatic nitrogens is 2. The molecule has 6 heteroatoms. The van der Waals surface area contributed by atoms with Crippen LogP contribution in [-0.4, -0.2) is 27.8 Å². The van der Waals surface area contributed by atoms with Crippen molar-refractivity contribution < 1.29 is 4.92 Å². The largest absolute Gasteiger partial charge is 0.315 e. The molecule has 0 unspecified atom stereocenters. The predicted octanol–water partition coefficient (Wildman–Crippen LogP) is 1.94. The fourth-order valence-corrected chi connectivity index (χ4v) is 1.84. The lowest BCUT2D eigenvalue weighted by atomic mass is 10.2. The molecule has 0 amide bonds. The highest BCUT2D eigenvalue weighted by Crippen LogP contribution is 2.20. The number of fused-ring (bicyclic) bond motifs is 1. The molecule has 96 valence electrons. The van der Waals surface area contributed by atoms with Gasteiger partial charge in [0.25, 0.3) is 5.69 Å². The van der Waals surface area contributed by atoms with Gasteiger partial charge in [-0.2, -0.15) is 5.10 Å². The SMILES string of the molecule is CCCNCCn1ncc2ccc([N+](=O)[O-])cc21. The van der Waals surface area contributed by atoms with Crippen molar-refractivity contribution in [3.63, 3.8) is 0 Å². The van der Waals surface area contributed by atoms with E-state index in [0.29, 0.717) is 6.54 Å². The van der Waals surface area contributed by atoms with Gasteiger partial charge in [-0.05, 0) is 19.0 Å². The van der Waals surface area contributed by atoms with Crippen LogP contribution in [0.25, 0.3) is 10.9 Å². The third kappa shape index (κ3) is 2.65. The second-order valence-electron chi connectivity index (χ2n) is 4.12. The Bertz CT molecular complexity index is 550. The second-order valence-corrected chi connectivity index (χ2v) is 4.12. The molecule has 1 aromatic carbocycles. The van der Waals surface area contributed by atoms with E-state index in [1.54, 1.807) is 23.0 Å². The van der Waals surface area contributed by atoms with E-state index >= 15 is 0 Å². The molecule has 6 nitrogen and oxygen atoms in total. The molecule has 0 atom stereocenters. The van der Waals surface area contributed by atoms with Crippen LogP contribution in [0, 0.1) is 10.1 Å². The van der Waals surface area contributed by atoms with Crippen molar-refractivity contribution in [1.29, 1.82) is 0 Å². The van der Waals surface area contributed by atoms with Crippen LogP contribution in [0.3, 0.4) is 0 Å². The van der Waals surface area contributed by atoms with Crippen LogP contribution in [-0.2, 0) is 6.54 Å². The quantitative estimate of drug-likeness (QED) is 0.481. The molecule has 0 aliphatic carbocycles. The van der Waals surface area contributed by atoms with Crippen molar-refractivity contribution in [2.24, 2.45) is 0 Å². The standard InChI is InChI=1S/C12H16N4O2/c1-2-5-13-6-7-15-12-8-11(16(17)18)4-3-10(12)9-14-15/h3-4,8-9,13H,2,5-7H2,1H3. The van der Waals surface area contributed by atoms with Gasteiger partial charge in [-0.25, -0.2) is 0 Å². The van der Waals surface area contributed by atoms with E-state index in [-0.39, 0.29) is 10.6 Å². The zero-order chi connectivity index (χ0) is 13.0. The van der Waals surface area contributed by atoms with E-state index in [1.807, 2.05) is 0 Å². The number of benzene rings is 1. The molecule has 0 aliphatic rings. The molecule has 0 spiro atoms. The lowest BCUT2D eigenvalue weighted by Crippen LogP contribution is -2.20. The van der Waals surface area contributed by atoms with Gasteiger partial charge in [0.2, 0.25) is 0 Å². The van der Waals surface area contributed by atoms with Crippen LogP contribution >= 0.6 is 0 Å². The fourth-order valence-electron chi connectivity index (χ4n) is 1.84. The van der Waals surface area contributed by atoms with E-state index in [1.165, 1.54) is 6.07 Å². The minimum atomic E-state index is -0.383. The molecule has 0 bridgehead atoms. The molecule has 0 radical (unpaired) electrons. The van der Waals surface area contributed by atoms with Crippen molar-refractivity contribution >= 4 is 16.6 Å².